The molecule has 0 aliphatic carbocycles. The van der Waals surface area contributed by atoms with Crippen molar-refractivity contribution in [2.45, 2.75) is 65.5 Å². The maximum absolute atomic E-state index is 14.1. The highest BCUT2D eigenvalue weighted by Gasteiger charge is 2.17. The minimum Gasteiger partial charge on any atom is -0.369 e. The monoisotopic (exact) mass is 280 g/mol. The summed E-state index contributed by atoms with van der Waals surface area (Å²) in [7, 11) is 0. The minimum atomic E-state index is -0.138. The molecule has 2 nitrogen and oxygen atoms in total. The highest BCUT2D eigenvalue weighted by atomic mass is 19.1. The topological polar surface area (TPSA) is 29.3 Å². The van der Waals surface area contributed by atoms with E-state index in [1.54, 1.807) is 6.07 Å². The van der Waals surface area contributed by atoms with E-state index < -0.39 is 0 Å². The van der Waals surface area contributed by atoms with Crippen LogP contribution in [0.4, 0.5) is 10.1 Å². The van der Waals surface area contributed by atoms with Crippen molar-refractivity contribution >= 4 is 5.69 Å². The van der Waals surface area contributed by atoms with Gasteiger partial charge < -0.3 is 10.6 Å². The molecule has 0 spiro atoms. The van der Waals surface area contributed by atoms with Crippen molar-refractivity contribution in [1.82, 2.24) is 0 Å². The molecule has 1 aromatic rings. The van der Waals surface area contributed by atoms with Crippen LogP contribution in [0, 0.1) is 5.82 Å². The zero-order valence-electron chi connectivity index (χ0n) is 13.3. The molecule has 0 radical (unpaired) electrons. The fraction of sp³-hybridized carbons (Fsp3) is 0.647. The van der Waals surface area contributed by atoms with Gasteiger partial charge in [0.2, 0.25) is 0 Å². The first kappa shape index (κ1) is 17.0. The second kappa shape index (κ2) is 8.25. The van der Waals surface area contributed by atoms with Crippen molar-refractivity contribution in [1.29, 1.82) is 0 Å². The van der Waals surface area contributed by atoms with Crippen LogP contribution in [0.2, 0.25) is 0 Å². The molecule has 0 aromatic heterocycles. The van der Waals surface area contributed by atoms with E-state index in [2.05, 4.69) is 25.7 Å². The number of nitrogens with zero attached hydrogens (tertiary/aromatic N) is 1. The minimum absolute atomic E-state index is 0.0321. The SMILES string of the molecule is CCCCCN(c1cccc(F)c1CC(C)N)C(C)C. The van der Waals surface area contributed by atoms with E-state index in [-0.39, 0.29) is 11.9 Å². The van der Waals surface area contributed by atoms with Crippen molar-refractivity contribution in [3.63, 3.8) is 0 Å². The third kappa shape index (κ3) is 4.78. The fourth-order valence-electron chi connectivity index (χ4n) is 2.53. The van der Waals surface area contributed by atoms with E-state index in [4.69, 9.17) is 5.73 Å². The number of benzene rings is 1. The summed E-state index contributed by atoms with van der Waals surface area (Å²) >= 11 is 0. The third-order valence-corrected chi connectivity index (χ3v) is 3.56. The molecule has 0 saturated carbocycles. The number of unbranched alkanes of at least 4 members (excludes halogenated alkanes) is 2. The Balaban J connectivity index is 3.02. The van der Waals surface area contributed by atoms with E-state index in [1.165, 1.54) is 18.9 Å². The van der Waals surface area contributed by atoms with Crippen molar-refractivity contribution < 1.29 is 4.39 Å². The predicted octanol–water partition coefficient (Wildman–Crippen LogP) is 4.12. The molecular formula is C17H29FN2. The summed E-state index contributed by atoms with van der Waals surface area (Å²) < 4.78 is 14.1. The van der Waals surface area contributed by atoms with Gasteiger partial charge in [-0.2, -0.15) is 0 Å². The van der Waals surface area contributed by atoms with Crippen molar-refractivity contribution in [2.24, 2.45) is 5.73 Å². The fourth-order valence-corrected chi connectivity index (χ4v) is 2.53. The van der Waals surface area contributed by atoms with Crippen LogP contribution in [0.1, 0.15) is 52.5 Å². The molecule has 1 rings (SSSR count). The van der Waals surface area contributed by atoms with E-state index >= 15 is 0 Å². The molecule has 20 heavy (non-hydrogen) atoms. The summed E-state index contributed by atoms with van der Waals surface area (Å²) in [6.45, 7) is 9.41. The first-order valence-electron chi connectivity index (χ1n) is 7.77. The Kier molecular flexibility index (Phi) is 7.00. The molecular weight excluding hydrogens is 251 g/mol. The van der Waals surface area contributed by atoms with E-state index in [0.717, 1.165) is 24.2 Å². The number of rotatable bonds is 8. The molecule has 0 fully saturated rings. The summed E-state index contributed by atoms with van der Waals surface area (Å²) in [5, 5.41) is 0. The molecule has 1 atom stereocenters. The van der Waals surface area contributed by atoms with Crippen LogP contribution < -0.4 is 10.6 Å². The first-order valence-corrected chi connectivity index (χ1v) is 7.77. The van der Waals surface area contributed by atoms with Gasteiger partial charge in [-0.25, -0.2) is 4.39 Å². The van der Waals surface area contributed by atoms with Crippen LogP contribution in [0.15, 0.2) is 18.2 Å². The average molecular weight is 280 g/mol. The molecule has 3 heteroatoms. The standard InChI is InChI=1S/C17H29FN2/c1-5-6-7-11-20(13(2)3)17-10-8-9-16(18)15(17)12-14(4)19/h8-10,13-14H,5-7,11-12,19H2,1-4H3. The van der Waals surface area contributed by atoms with Gasteiger partial charge in [0.15, 0.2) is 0 Å². The van der Waals surface area contributed by atoms with Crippen molar-refractivity contribution in [3.05, 3.63) is 29.6 Å². The lowest BCUT2D eigenvalue weighted by molar-refractivity contribution is 0.583. The quantitative estimate of drug-likeness (QED) is 0.726. The maximum Gasteiger partial charge on any atom is 0.128 e. The Hall–Kier alpha value is -1.09. The van der Waals surface area contributed by atoms with Gasteiger partial charge in [-0.1, -0.05) is 25.8 Å². The van der Waals surface area contributed by atoms with Gasteiger partial charge in [-0.3, -0.25) is 0 Å². The Morgan fingerprint density at radius 2 is 1.90 bits per heavy atom. The molecule has 1 aromatic carbocycles. The van der Waals surface area contributed by atoms with Gasteiger partial charge in [0.1, 0.15) is 5.82 Å². The van der Waals surface area contributed by atoms with Crippen LogP contribution >= 0.6 is 0 Å². The van der Waals surface area contributed by atoms with Crippen LogP contribution in [0.25, 0.3) is 0 Å². The second-order valence-corrected chi connectivity index (χ2v) is 5.91. The molecule has 0 saturated heterocycles. The molecule has 114 valence electrons. The second-order valence-electron chi connectivity index (χ2n) is 5.91. The van der Waals surface area contributed by atoms with Crippen LogP contribution in [0.5, 0.6) is 0 Å². The lowest BCUT2D eigenvalue weighted by atomic mass is 10.0. The molecule has 2 N–H and O–H groups in total. The van der Waals surface area contributed by atoms with Crippen LogP contribution in [0.3, 0.4) is 0 Å². The lowest BCUT2D eigenvalue weighted by Gasteiger charge is -2.31. The highest BCUT2D eigenvalue weighted by molar-refractivity contribution is 5.55. The lowest BCUT2D eigenvalue weighted by Crippen LogP contribution is -2.33. The smallest absolute Gasteiger partial charge is 0.128 e. The molecule has 0 heterocycles. The number of hydrogen-bond acceptors (Lipinski definition) is 2. The van der Waals surface area contributed by atoms with Gasteiger partial charge >= 0.3 is 0 Å². The summed E-state index contributed by atoms with van der Waals surface area (Å²) in [5.74, 6) is -0.138. The summed E-state index contributed by atoms with van der Waals surface area (Å²) in [6.07, 6.45) is 4.13. The Labute approximate surface area is 123 Å². The Morgan fingerprint density at radius 1 is 1.20 bits per heavy atom. The number of hydrogen-bond donors (Lipinski definition) is 1. The molecule has 0 amide bonds. The molecule has 0 aliphatic heterocycles. The first-order chi connectivity index (χ1) is 9.47. The number of anilines is 1. The largest absolute Gasteiger partial charge is 0.369 e. The summed E-state index contributed by atoms with van der Waals surface area (Å²) in [6, 6.07) is 5.68. The average Bonchev–Trinajstić information content (AvgIpc) is 2.37. The zero-order chi connectivity index (χ0) is 15.1. The van der Waals surface area contributed by atoms with E-state index in [0.29, 0.717) is 12.5 Å². The van der Waals surface area contributed by atoms with E-state index in [9.17, 15) is 4.39 Å². The van der Waals surface area contributed by atoms with E-state index in [1.807, 2.05) is 13.0 Å². The number of nitrogens with two attached hydrogens (primary N) is 1. The van der Waals surface area contributed by atoms with Gasteiger partial charge in [0.05, 0.1) is 0 Å². The van der Waals surface area contributed by atoms with Crippen molar-refractivity contribution in [2.75, 3.05) is 11.4 Å². The summed E-state index contributed by atoms with van der Waals surface area (Å²) in [5.41, 5.74) is 7.64. The summed E-state index contributed by atoms with van der Waals surface area (Å²) in [4.78, 5) is 2.30. The normalized spacial score (nSPS) is 12.8. The molecule has 0 bridgehead atoms. The van der Waals surface area contributed by atoms with Gasteiger partial charge in [0, 0.05) is 29.9 Å². The number of halogens is 1. The Bertz CT molecular complexity index is 402. The van der Waals surface area contributed by atoms with Crippen LogP contribution in [-0.2, 0) is 6.42 Å². The van der Waals surface area contributed by atoms with Crippen LogP contribution in [-0.4, -0.2) is 18.6 Å². The maximum atomic E-state index is 14.1. The van der Waals surface area contributed by atoms with Crippen molar-refractivity contribution in [3.8, 4) is 0 Å². The third-order valence-electron chi connectivity index (χ3n) is 3.56. The zero-order valence-corrected chi connectivity index (χ0v) is 13.3. The molecule has 1 unspecified atom stereocenters. The van der Waals surface area contributed by atoms with Gasteiger partial charge in [-0.15, -0.1) is 0 Å². The van der Waals surface area contributed by atoms with Gasteiger partial charge in [0.25, 0.3) is 0 Å². The highest BCUT2D eigenvalue weighted by Crippen LogP contribution is 2.26. The Morgan fingerprint density at radius 3 is 2.45 bits per heavy atom. The predicted molar refractivity (Wildman–Crippen MR) is 85.8 cm³/mol. The van der Waals surface area contributed by atoms with Gasteiger partial charge in [-0.05, 0) is 45.7 Å². The molecule has 0 aliphatic rings.